The zero-order valence-electron chi connectivity index (χ0n) is 13.8. The Balaban J connectivity index is 1.55. The van der Waals surface area contributed by atoms with Crippen LogP contribution in [0.3, 0.4) is 0 Å². The van der Waals surface area contributed by atoms with Gasteiger partial charge in [-0.25, -0.2) is 8.42 Å². The van der Waals surface area contributed by atoms with Crippen LogP contribution in [-0.4, -0.2) is 48.8 Å². The SMILES string of the molecule is CN(C(=O)C1CCc2[nH]c3ccccc3c2C1)C1CCS(=O)(=O)C1. The molecule has 2 aromatic rings. The number of carbonyl (C=O) groups is 1. The van der Waals surface area contributed by atoms with Crippen LogP contribution in [0.4, 0.5) is 0 Å². The molecule has 128 valence electrons. The molecule has 1 aromatic heterocycles. The number of nitrogens with zero attached hydrogens (tertiary/aromatic N) is 1. The van der Waals surface area contributed by atoms with E-state index in [0.717, 1.165) is 24.8 Å². The molecule has 1 amide bonds. The van der Waals surface area contributed by atoms with E-state index < -0.39 is 9.84 Å². The molecule has 0 saturated carbocycles. The Morgan fingerprint density at radius 1 is 1.25 bits per heavy atom. The summed E-state index contributed by atoms with van der Waals surface area (Å²) in [6, 6.07) is 8.05. The van der Waals surface area contributed by atoms with Crippen LogP contribution < -0.4 is 0 Å². The molecule has 0 bridgehead atoms. The smallest absolute Gasteiger partial charge is 0.226 e. The molecule has 2 aliphatic rings. The number of aromatic amines is 1. The Kier molecular flexibility index (Phi) is 3.67. The molecule has 24 heavy (non-hydrogen) atoms. The van der Waals surface area contributed by atoms with Gasteiger partial charge in [-0.2, -0.15) is 0 Å². The second-order valence-electron chi connectivity index (χ2n) is 7.07. The Labute approximate surface area is 142 Å². The van der Waals surface area contributed by atoms with Gasteiger partial charge in [0.2, 0.25) is 5.91 Å². The highest BCUT2D eigenvalue weighted by Crippen LogP contribution is 2.33. The van der Waals surface area contributed by atoms with Gasteiger partial charge in [-0.05, 0) is 37.3 Å². The van der Waals surface area contributed by atoms with Crippen molar-refractivity contribution in [1.82, 2.24) is 9.88 Å². The summed E-state index contributed by atoms with van der Waals surface area (Å²) in [5, 5.41) is 1.20. The van der Waals surface area contributed by atoms with Gasteiger partial charge in [0.25, 0.3) is 0 Å². The fraction of sp³-hybridized carbons (Fsp3) is 0.500. The lowest BCUT2D eigenvalue weighted by atomic mass is 9.85. The zero-order chi connectivity index (χ0) is 16.9. The van der Waals surface area contributed by atoms with Gasteiger partial charge in [0.1, 0.15) is 0 Å². The minimum absolute atomic E-state index is 0.0509. The van der Waals surface area contributed by atoms with E-state index in [0.29, 0.717) is 6.42 Å². The number of H-pyrrole nitrogens is 1. The number of hydrogen-bond acceptors (Lipinski definition) is 3. The summed E-state index contributed by atoms with van der Waals surface area (Å²) >= 11 is 0. The normalized spacial score (nSPS) is 25.5. The summed E-state index contributed by atoms with van der Waals surface area (Å²) in [4.78, 5) is 18.0. The van der Waals surface area contributed by atoms with Crippen molar-refractivity contribution in [2.45, 2.75) is 31.7 Å². The Morgan fingerprint density at radius 3 is 2.79 bits per heavy atom. The lowest BCUT2D eigenvalue weighted by Crippen LogP contribution is -2.42. The number of aryl methyl sites for hydroxylation is 1. The third kappa shape index (κ3) is 2.62. The van der Waals surface area contributed by atoms with E-state index in [1.165, 1.54) is 16.6 Å². The first-order valence-corrected chi connectivity index (χ1v) is 10.3. The summed E-state index contributed by atoms with van der Waals surface area (Å²) in [6.45, 7) is 0. The quantitative estimate of drug-likeness (QED) is 0.903. The van der Waals surface area contributed by atoms with Gasteiger partial charge in [0.05, 0.1) is 11.5 Å². The molecular weight excluding hydrogens is 324 g/mol. The van der Waals surface area contributed by atoms with Crippen molar-refractivity contribution >= 4 is 26.6 Å². The predicted octanol–water partition coefficient (Wildman–Crippen LogP) is 1.92. The van der Waals surface area contributed by atoms with E-state index in [2.05, 4.69) is 17.1 Å². The van der Waals surface area contributed by atoms with Crippen LogP contribution in [0, 0.1) is 5.92 Å². The number of amides is 1. The van der Waals surface area contributed by atoms with Crippen molar-refractivity contribution in [2.75, 3.05) is 18.6 Å². The second-order valence-corrected chi connectivity index (χ2v) is 9.30. The fourth-order valence-corrected chi connectivity index (χ4v) is 5.90. The molecule has 1 N–H and O–H groups in total. The number of aromatic nitrogens is 1. The first kappa shape index (κ1) is 15.7. The molecule has 2 unspecified atom stereocenters. The number of nitrogens with one attached hydrogen (secondary N) is 1. The molecule has 1 aromatic carbocycles. The highest BCUT2D eigenvalue weighted by molar-refractivity contribution is 7.91. The molecule has 1 aliphatic carbocycles. The van der Waals surface area contributed by atoms with E-state index in [4.69, 9.17) is 0 Å². The number of sulfone groups is 1. The van der Waals surface area contributed by atoms with Crippen LogP contribution in [-0.2, 0) is 27.5 Å². The summed E-state index contributed by atoms with van der Waals surface area (Å²) in [5.74, 6) is 0.352. The minimum atomic E-state index is -2.97. The van der Waals surface area contributed by atoms with Crippen molar-refractivity contribution in [3.05, 3.63) is 35.5 Å². The zero-order valence-corrected chi connectivity index (χ0v) is 14.6. The number of fused-ring (bicyclic) bond motifs is 3. The fourth-order valence-electron chi connectivity index (χ4n) is 4.13. The standard InChI is InChI=1S/C18H22N2O3S/c1-20(13-8-9-24(22,23)11-13)18(21)12-6-7-17-15(10-12)14-4-2-3-5-16(14)19-17/h2-5,12-13,19H,6-11H2,1H3. The molecule has 1 saturated heterocycles. The van der Waals surface area contributed by atoms with Crippen molar-refractivity contribution in [3.63, 3.8) is 0 Å². The van der Waals surface area contributed by atoms with Gasteiger partial charge in [0, 0.05) is 35.6 Å². The Hall–Kier alpha value is -1.82. The van der Waals surface area contributed by atoms with Crippen LogP contribution in [0.15, 0.2) is 24.3 Å². The van der Waals surface area contributed by atoms with Crippen LogP contribution >= 0.6 is 0 Å². The Bertz CT molecular complexity index is 900. The molecule has 1 fully saturated rings. The predicted molar refractivity (Wildman–Crippen MR) is 93.6 cm³/mol. The maximum atomic E-state index is 12.9. The molecule has 4 rings (SSSR count). The third-order valence-corrected chi connectivity index (χ3v) is 7.30. The molecule has 2 heterocycles. The van der Waals surface area contributed by atoms with Gasteiger partial charge in [0.15, 0.2) is 9.84 Å². The first-order valence-electron chi connectivity index (χ1n) is 8.50. The van der Waals surface area contributed by atoms with Gasteiger partial charge in [-0.15, -0.1) is 0 Å². The second kappa shape index (κ2) is 5.62. The maximum Gasteiger partial charge on any atom is 0.226 e. The van der Waals surface area contributed by atoms with Gasteiger partial charge >= 0.3 is 0 Å². The monoisotopic (exact) mass is 346 g/mol. The number of hydrogen-bond donors (Lipinski definition) is 1. The molecular formula is C18H22N2O3S. The minimum Gasteiger partial charge on any atom is -0.358 e. The third-order valence-electron chi connectivity index (χ3n) is 5.55. The summed E-state index contributed by atoms with van der Waals surface area (Å²) in [5.41, 5.74) is 3.62. The van der Waals surface area contributed by atoms with Crippen molar-refractivity contribution in [2.24, 2.45) is 5.92 Å². The van der Waals surface area contributed by atoms with Gasteiger partial charge in [-0.3, -0.25) is 4.79 Å². The number of para-hydroxylation sites is 1. The van der Waals surface area contributed by atoms with E-state index >= 15 is 0 Å². The van der Waals surface area contributed by atoms with Crippen molar-refractivity contribution < 1.29 is 13.2 Å². The maximum absolute atomic E-state index is 12.9. The topological polar surface area (TPSA) is 70.2 Å². The largest absolute Gasteiger partial charge is 0.358 e. The summed E-state index contributed by atoms with van der Waals surface area (Å²) < 4.78 is 23.4. The van der Waals surface area contributed by atoms with Crippen molar-refractivity contribution in [3.8, 4) is 0 Å². The average Bonchev–Trinajstić information content (AvgIpc) is 3.12. The molecule has 1 aliphatic heterocycles. The molecule has 6 heteroatoms. The molecule has 0 spiro atoms. The number of benzene rings is 1. The summed E-state index contributed by atoms with van der Waals surface area (Å²) in [7, 11) is -1.21. The summed E-state index contributed by atoms with van der Waals surface area (Å²) in [6.07, 6.45) is 3.00. The van der Waals surface area contributed by atoms with Crippen LogP contribution in [0.1, 0.15) is 24.1 Å². The first-order chi connectivity index (χ1) is 11.4. The molecule has 0 radical (unpaired) electrons. The average molecular weight is 346 g/mol. The lowest BCUT2D eigenvalue weighted by Gasteiger charge is -2.30. The number of carbonyl (C=O) groups excluding carboxylic acids is 1. The van der Waals surface area contributed by atoms with Crippen LogP contribution in [0.25, 0.3) is 10.9 Å². The lowest BCUT2D eigenvalue weighted by molar-refractivity contribution is -0.136. The van der Waals surface area contributed by atoms with Gasteiger partial charge < -0.3 is 9.88 Å². The van der Waals surface area contributed by atoms with E-state index in [9.17, 15) is 13.2 Å². The molecule has 5 nitrogen and oxygen atoms in total. The van der Waals surface area contributed by atoms with E-state index in [1.54, 1.807) is 11.9 Å². The molecule has 2 atom stereocenters. The van der Waals surface area contributed by atoms with Crippen molar-refractivity contribution in [1.29, 1.82) is 0 Å². The highest BCUT2D eigenvalue weighted by Gasteiger charge is 2.36. The van der Waals surface area contributed by atoms with Crippen LogP contribution in [0.5, 0.6) is 0 Å². The highest BCUT2D eigenvalue weighted by atomic mass is 32.2. The van der Waals surface area contributed by atoms with Crippen LogP contribution in [0.2, 0.25) is 0 Å². The van der Waals surface area contributed by atoms with E-state index in [1.807, 2.05) is 12.1 Å². The van der Waals surface area contributed by atoms with E-state index in [-0.39, 0.29) is 29.4 Å². The number of rotatable bonds is 2. The Morgan fingerprint density at radius 2 is 2.04 bits per heavy atom. The van der Waals surface area contributed by atoms with Gasteiger partial charge in [-0.1, -0.05) is 18.2 Å².